The molecule has 3 aliphatic heterocycles. The molecule has 4 nitrogen and oxygen atoms in total. The van der Waals surface area contributed by atoms with Crippen molar-refractivity contribution in [2.45, 2.75) is 36.9 Å². The van der Waals surface area contributed by atoms with Gasteiger partial charge >= 0.3 is 0 Å². The lowest BCUT2D eigenvalue weighted by molar-refractivity contribution is -0.187. The van der Waals surface area contributed by atoms with Crippen LogP contribution in [-0.4, -0.2) is 36.4 Å². The number of carbonyl (C=O) groups is 1. The minimum absolute atomic E-state index is 0.0857. The molecule has 12 heavy (non-hydrogen) atoms. The second kappa shape index (κ2) is 1.54. The van der Waals surface area contributed by atoms with Gasteiger partial charge in [0.2, 0.25) is 5.91 Å². The third-order valence-corrected chi connectivity index (χ3v) is 3.52. The number of fused-ring (bicyclic) bond motifs is 2. The number of rotatable bonds is 0. The van der Waals surface area contributed by atoms with Crippen molar-refractivity contribution in [1.29, 1.82) is 0 Å². The molecular weight excluding hydrogens is 158 g/mol. The zero-order chi connectivity index (χ0) is 7.87. The predicted molar refractivity (Wildman–Crippen MR) is 37.4 cm³/mol. The van der Waals surface area contributed by atoms with Gasteiger partial charge < -0.3 is 14.8 Å². The highest BCUT2D eigenvalue weighted by molar-refractivity contribution is 5.85. The fourth-order valence-corrected chi connectivity index (χ4v) is 2.87. The zero-order valence-corrected chi connectivity index (χ0v) is 6.40. The Morgan fingerprint density at radius 3 is 3.17 bits per heavy atom. The number of nitrogens with one attached hydrogen (secondary N) is 1. The standard InChI is InChI=1S/C8H9NO3/c10-8-7-4-2(9-8)1-3-5(11-3)6(4)12-7/h2-7H,1H2,(H,9,10). The van der Waals surface area contributed by atoms with Crippen LogP contribution in [0.25, 0.3) is 0 Å². The van der Waals surface area contributed by atoms with Crippen molar-refractivity contribution in [3.63, 3.8) is 0 Å². The second-order valence-corrected chi connectivity index (χ2v) is 4.09. The van der Waals surface area contributed by atoms with Crippen LogP contribution in [0.4, 0.5) is 0 Å². The van der Waals surface area contributed by atoms with Crippen molar-refractivity contribution in [3.05, 3.63) is 0 Å². The highest BCUT2D eigenvalue weighted by Crippen LogP contribution is 2.51. The Balaban J connectivity index is 1.74. The van der Waals surface area contributed by atoms with Gasteiger partial charge in [-0.25, -0.2) is 0 Å². The van der Waals surface area contributed by atoms with Crippen molar-refractivity contribution < 1.29 is 14.3 Å². The van der Waals surface area contributed by atoms with Crippen LogP contribution in [0.3, 0.4) is 0 Å². The maximum atomic E-state index is 11.2. The average molecular weight is 167 g/mol. The van der Waals surface area contributed by atoms with Gasteiger partial charge in [-0.3, -0.25) is 4.79 Å². The van der Waals surface area contributed by atoms with Gasteiger partial charge in [0, 0.05) is 12.0 Å². The molecule has 0 aromatic carbocycles. The summed E-state index contributed by atoms with van der Waals surface area (Å²) in [5, 5.41) is 2.96. The molecule has 3 heterocycles. The van der Waals surface area contributed by atoms with Crippen molar-refractivity contribution in [2.75, 3.05) is 0 Å². The van der Waals surface area contributed by atoms with E-state index in [0.717, 1.165) is 6.42 Å². The molecule has 4 heteroatoms. The van der Waals surface area contributed by atoms with Gasteiger partial charge in [-0.15, -0.1) is 0 Å². The van der Waals surface area contributed by atoms with E-state index in [0.29, 0.717) is 24.2 Å². The fourth-order valence-electron chi connectivity index (χ4n) is 2.87. The Morgan fingerprint density at radius 1 is 1.33 bits per heavy atom. The molecule has 1 aliphatic carbocycles. The maximum absolute atomic E-state index is 11.2. The highest BCUT2D eigenvalue weighted by Gasteiger charge is 2.68. The Hall–Kier alpha value is -0.610. The molecule has 1 N–H and O–H groups in total. The minimum atomic E-state index is -0.148. The van der Waals surface area contributed by atoms with Crippen molar-refractivity contribution in [3.8, 4) is 0 Å². The number of hydrogen-bond donors (Lipinski definition) is 1. The molecule has 4 aliphatic rings. The van der Waals surface area contributed by atoms with Gasteiger partial charge in [-0.05, 0) is 6.42 Å². The lowest BCUT2D eigenvalue weighted by atomic mass is 9.77. The predicted octanol–water partition coefficient (Wildman–Crippen LogP) is -0.961. The molecule has 64 valence electrons. The Morgan fingerprint density at radius 2 is 2.25 bits per heavy atom. The number of amides is 1. The number of carbonyl (C=O) groups excluding carboxylic acids is 1. The van der Waals surface area contributed by atoms with Crippen LogP contribution >= 0.6 is 0 Å². The quantitative estimate of drug-likeness (QED) is 0.473. The van der Waals surface area contributed by atoms with Crippen LogP contribution < -0.4 is 5.32 Å². The van der Waals surface area contributed by atoms with Crippen molar-refractivity contribution in [2.24, 2.45) is 5.92 Å². The molecule has 0 aromatic heterocycles. The zero-order valence-electron chi connectivity index (χ0n) is 6.40. The van der Waals surface area contributed by atoms with E-state index in [2.05, 4.69) is 5.32 Å². The van der Waals surface area contributed by atoms with Gasteiger partial charge in [0.15, 0.2) is 0 Å². The van der Waals surface area contributed by atoms with E-state index in [-0.39, 0.29) is 18.1 Å². The highest BCUT2D eigenvalue weighted by atomic mass is 16.6. The first-order valence-corrected chi connectivity index (χ1v) is 4.46. The molecule has 0 radical (unpaired) electrons. The van der Waals surface area contributed by atoms with Crippen molar-refractivity contribution >= 4 is 5.91 Å². The molecule has 0 aromatic rings. The smallest absolute Gasteiger partial charge is 0.249 e. The molecule has 4 rings (SSSR count). The summed E-state index contributed by atoms with van der Waals surface area (Å²) in [6.07, 6.45) is 1.76. The topological polar surface area (TPSA) is 50.9 Å². The lowest BCUT2D eigenvalue weighted by Gasteiger charge is -2.42. The van der Waals surface area contributed by atoms with Gasteiger partial charge in [-0.2, -0.15) is 0 Å². The van der Waals surface area contributed by atoms with Crippen LogP contribution in [0.5, 0.6) is 0 Å². The molecule has 4 fully saturated rings. The maximum Gasteiger partial charge on any atom is 0.249 e. The first kappa shape index (κ1) is 5.94. The van der Waals surface area contributed by atoms with Crippen LogP contribution in [0.1, 0.15) is 6.42 Å². The van der Waals surface area contributed by atoms with Gasteiger partial charge in [-0.1, -0.05) is 0 Å². The molecular formula is C8H9NO3. The van der Waals surface area contributed by atoms with Gasteiger partial charge in [0.05, 0.1) is 12.2 Å². The summed E-state index contributed by atoms with van der Waals surface area (Å²) in [7, 11) is 0. The van der Waals surface area contributed by atoms with Crippen molar-refractivity contribution in [1.82, 2.24) is 5.32 Å². The molecule has 6 atom stereocenters. The molecule has 0 bridgehead atoms. The van der Waals surface area contributed by atoms with E-state index in [1.165, 1.54) is 0 Å². The first-order valence-electron chi connectivity index (χ1n) is 4.46. The lowest BCUT2D eigenvalue weighted by Crippen LogP contribution is -2.57. The fraction of sp³-hybridized carbons (Fsp3) is 0.875. The molecule has 1 amide bonds. The SMILES string of the molecule is O=C1NC2CC3OC3C3OC1C23. The second-order valence-electron chi connectivity index (χ2n) is 4.09. The van der Waals surface area contributed by atoms with E-state index in [1.807, 2.05) is 0 Å². The Labute approximate surface area is 69.2 Å². The monoisotopic (exact) mass is 167 g/mol. The largest absolute Gasteiger partial charge is 0.367 e. The molecule has 1 saturated carbocycles. The van der Waals surface area contributed by atoms with E-state index in [4.69, 9.17) is 9.47 Å². The van der Waals surface area contributed by atoms with Crippen LogP contribution in [0.15, 0.2) is 0 Å². The Bertz CT molecular complexity index is 279. The molecule has 0 spiro atoms. The van der Waals surface area contributed by atoms with Crippen LogP contribution in [0, 0.1) is 5.92 Å². The molecule has 3 saturated heterocycles. The summed E-state index contributed by atoms with van der Waals surface area (Å²) in [6.45, 7) is 0. The summed E-state index contributed by atoms with van der Waals surface area (Å²) >= 11 is 0. The summed E-state index contributed by atoms with van der Waals surface area (Å²) in [6, 6.07) is 0.338. The third kappa shape index (κ3) is 0.473. The summed E-state index contributed by atoms with van der Waals surface area (Å²) < 4.78 is 10.9. The number of epoxide rings is 1. The van der Waals surface area contributed by atoms with E-state index < -0.39 is 0 Å². The van der Waals surface area contributed by atoms with Crippen LogP contribution in [-0.2, 0) is 14.3 Å². The Kier molecular flexibility index (Phi) is 0.762. The van der Waals surface area contributed by atoms with E-state index >= 15 is 0 Å². The van der Waals surface area contributed by atoms with Gasteiger partial charge in [0.1, 0.15) is 12.2 Å². The normalized spacial score (nSPS) is 64.5. The number of hydrogen-bond acceptors (Lipinski definition) is 3. The van der Waals surface area contributed by atoms with Gasteiger partial charge in [0.25, 0.3) is 0 Å². The first-order chi connectivity index (χ1) is 5.84. The van der Waals surface area contributed by atoms with Crippen LogP contribution in [0.2, 0.25) is 0 Å². The minimum Gasteiger partial charge on any atom is -0.367 e. The number of ether oxygens (including phenoxy) is 2. The summed E-state index contributed by atoms with van der Waals surface area (Å²) in [4.78, 5) is 11.2. The molecule has 6 unspecified atom stereocenters. The summed E-state index contributed by atoms with van der Waals surface area (Å²) in [5.74, 6) is 0.504. The summed E-state index contributed by atoms with van der Waals surface area (Å²) in [5.41, 5.74) is 0. The van der Waals surface area contributed by atoms with E-state index in [9.17, 15) is 4.79 Å². The average Bonchev–Trinajstić information content (AvgIpc) is 2.59. The third-order valence-electron chi connectivity index (χ3n) is 3.52. The van der Waals surface area contributed by atoms with E-state index in [1.54, 1.807) is 0 Å².